The molecule has 0 saturated carbocycles. The molecule has 0 amide bonds. The van der Waals surface area contributed by atoms with Crippen molar-refractivity contribution in [3.05, 3.63) is 29.6 Å². The molecule has 7 heteroatoms. The number of aromatic nitrogens is 1. The van der Waals surface area contributed by atoms with Crippen LogP contribution in [0.4, 0.5) is 13.2 Å². The number of pyridine rings is 1. The molecule has 0 aliphatic rings. The molecule has 0 spiro atoms. The number of hydrogen-bond acceptors (Lipinski definition) is 4. The summed E-state index contributed by atoms with van der Waals surface area (Å²) in [6.45, 7) is 0. The van der Waals surface area contributed by atoms with Gasteiger partial charge in [0.15, 0.2) is 5.92 Å². The number of halogens is 3. The molecule has 0 N–H and O–H groups in total. The summed E-state index contributed by atoms with van der Waals surface area (Å²) in [5.74, 6) is -2.11. The second kappa shape index (κ2) is 4.82. The Hall–Kier alpha value is -2.10. The molecule has 0 aromatic carbocycles. The van der Waals surface area contributed by atoms with Crippen LogP contribution in [0.2, 0.25) is 0 Å². The Balaban J connectivity index is 3.02. The third-order valence-electron chi connectivity index (χ3n) is 1.98. The fourth-order valence-electron chi connectivity index (χ4n) is 1.12. The molecular formula is C10H7F3N2O2. The van der Waals surface area contributed by atoms with E-state index in [-0.39, 0.29) is 5.56 Å². The third-order valence-corrected chi connectivity index (χ3v) is 1.98. The minimum Gasteiger partial charge on any atom is -0.468 e. The van der Waals surface area contributed by atoms with E-state index < -0.39 is 23.8 Å². The van der Waals surface area contributed by atoms with E-state index in [4.69, 9.17) is 5.26 Å². The van der Waals surface area contributed by atoms with Crippen molar-refractivity contribution in [1.29, 1.82) is 5.26 Å². The van der Waals surface area contributed by atoms with Gasteiger partial charge in [-0.15, -0.1) is 0 Å². The van der Waals surface area contributed by atoms with Crippen LogP contribution in [-0.2, 0) is 15.7 Å². The minimum atomic E-state index is -4.55. The summed E-state index contributed by atoms with van der Waals surface area (Å²) < 4.78 is 41.0. The van der Waals surface area contributed by atoms with Crippen LogP contribution in [0.15, 0.2) is 18.3 Å². The fourth-order valence-corrected chi connectivity index (χ4v) is 1.12. The Morgan fingerprint density at radius 1 is 1.53 bits per heavy atom. The molecule has 0 bridgehead atoms. The Morgan fingerprint density at radius 3 is 2.53 bits per heavy atom. The van der Waals surface area contributed by atoms with E-state index in [0.29, 0.717) is 6.07 Å². The Labute approximate surface area is 94.6 Å². The van der Waals surface area contributed by atoms with Gasteiger partial charge in [0.05, 0.1) is 13.2 Å². The van der Waals surface area contributed by atoms with Crippen molar-refractivity contribution in [2.24, 2.45) is 0 Å². The molecule has 90 valence electrons. The normalized spacial score (nSPS) is 12.6. The van der Waals surface area contributed by atoms with E-state index in [1.54, 1.807) is 6.07 Å². The average molecular weight is 244 g/mol. The van der Waals surface area contributed by atoms with Crippen LogP contribution < -0.4 is 0 Å². The second-order valence-corrected chi connectivity index (χ2v) is 3.06. The molecule has 1 rings (SSSR count). The van der Waals surface area contributed by atoms with Gasteiger partial charge in [0.25, 0.3) is 0 Å². The zero-order valence-electron chi connectivity index (χ0n) is 8.65. The van der Waals surface area contributed by atoms with E-state index in [0.717, 1.165) is 19.4 Å². The van der Waals surface area contributed by atoms with E-state index in [9.17, 15) is 18.0 Å². The summed E-state index contributed by atoms with van der Waals surface area (Å²) in [5, 5.41) is 8.71. The van der Waals surface area contributed by atoms with Crippen molar-refractivity contribution < 1.29 is 22.7 Å². The first-order valence-corrected chi connectivity index (χ1v) is 4.40. The van der Waals surface area contributed by atoms with Crippen molar-refractivity contribution in [1.82, 2.24) is 4.98 Å². The maximum absolute atomic E-state index is 12.2. The monoisotopic (exact) mass is 244 g/mol. The molecule has 0 saturated heterocycles. The van der Waals surface area contributed by atoms with E-state index in [1.165, 1.54) is 0 Å². The average Bonchev–Trinajstić information content (AvgIpc) is 2.29. The quantitative estimate of drug-likeness (QED) is 0.745. The molecule has 4 nitrogen and oxygen atoms in total. The van der Waals surface area contributed by atoms with Gasteiger partial charge in [-0.3, -0.25) is 9.78 Å². The highest BCUT2D eigenvalue weighted by atomic mass is 19.4. The predicted octanol–water partition coefficient (Wildman–Crippen LogP) is 1.88. The SMILES string of the molecule is COC(=O)C(C#N)c1ccc(C(F)(F)F)nc1. The number of carbonyl (C=O) groups excluding carboxylic acids is 1. The number of methoxy groups -OCH3 is 1. The lowest BCUT2D eigenvalue weighted by Gasteiger charge is -2.09. The van der Waals surface area contributed by atoms with Gasteiger partial charge in [0.2, 0.25) is 0 Å². The first-order chi connectivity index (χ1) is 7.90. The molecule has 0 aliphatic heterocycles. The first-order valence-electron chi connectivity index (χ1n) is 4.40. The van der Waals surface area contributed by atoms with Gasteiger partial charge >= 0.3 is 12.1 Å². The molecule has 1 heterocycles. The van der Waals surface area contributed by atoms with Crippen molar-refractivity contribution in [3.63, 3.8) is 0 Å². The van der Waals surface area contributed by atoms with Crippen LogP contribution in [0.1, 0.15) is 17.2 Å². The van der Waals surface area contributed by atoms with Gasteiger partial charge in [0.1, 0.15) is 5.69 Å². The number of ether oxygens (including phenoxy) is 1. The lowest BCUT2D eigenvalue weighted by molar-refractivity contribution is -0.141. The maximum atomic E-state index is 12.2. The van der Waals surface area contributed by atoms with Gasteiger partial charge in [-0.05, 0) is 11.6 Å². The van der Waals surface area contributed by atoms with Gasteiger partial charge in [-0.1, -0.05) is 6.07 Å². The van der Waals surface area contributed by atoms with Crippen molar-refractivity contribution in [2.75, 3.05) is 7.11 Å². The summed E-state index contributed by atoms with van der Waals surface area (Å²) in [6.07, 6.45) is -3.71. The summed E-state index contributed by atoms with van der Waals surface area (Å²) in [4.78, 5) is 14.3. The molecule has 1 atom stereocenters. The van der Waals surface area contributed by atoms with Crippen molar-refractivity contribution in [3.8, 4) is 6.07 Å². The smallest absolute Gasteiger partial charge is 0.433 e. The number of carbonyl (C=O) groups is 1. The number of hydrogen-bond donors (Lipinski definition) is 0. The fraction of sp³-hybridized carbons (Fsp3) is 0.300. The van der Waals surface area contributed by atoms with Crippen LogP contribution in [0.5, 0.6) is 0 Å². The van der Waals surface area contributed by atoms with Crippen LogP contribution >= 0.6 is 0 Å². The molecule has 0 aliphatic carbocycles. The Kier molecular flexibility index (Phi) is 3.68. The lowest BCUT2D eigenvalue weighted by Crippen LogP contribution is -2.14. The molecule has 1 aromatic rings. The van der Waals surface area contributed by atoms with Crippen LogP contribution in [-0.4, -0.2) is 18.1 Å². The zero-order valence-corrected chi connectivity index (χ0v) is 8.65. The third kappa shape index (κ3) is 2.93. The highest BCUT2D eigenvalue weighted by Gasteiger charge is 2.32. The topological polar surface area (TPSA) is 63.0 Å². The van der Waals surface area contributed by atoms with Crippen molar-refractivity contribution >= 4 is 5.97 Å². The van der Waals surface area contributed by atoms with Gasteiger partial charge in [-0.25, -0.2) is 0 Å². The highest BCUT2D eigenvalue weighted by Crippen LogP contribution is 2.28. The molecule has 0 radical (unpaired) electrons. The molecule has 17 heavy (non-hydrogen) atoms. The van der Waals surface area contributed by atoms with E-state index in [1.807, 2.05) is 0 Å². The standard InChI is InChI=1S/C10H7F3N2O2/c1-17-9(16)7(4-14)6-2-3-8(15-5-6)10(11,12)13/h2-3,5,7H,1H3. The molecule has 0 fully saturated rings. The molecule has 1 unspecified atom stereocenters. The lowest BCUT2D eigenvalue weighted by atomic mass is 10.0. The highest BCUT2D eigenvalue weighted by molar-refractivity contribution is 5.81. The van der Waals surface area contributed by atoms with E-state index >= 15 is 0 Å². The number of alkyl halides is 3. The molecule has 1 aromatic heterocycles. The second-order valence-electron chi connectivity index (χ2n) is 3.06. The summed E-state index contributed by atoms with van der Waals surface area (Å²) in [7, 11) is 1.09. The maximum Gasteiger partial charge on any atom is 0.433 e. The number of nitriles is 1. The number of esters is 1. The zero-order chi connectivity index (χ0) is 13.1. The van der Waals surface area contributed by atoms with Crippen molar-refractivity contribution in [2.45, 2.75) is 12.1 Å². The first kappa shape index (κ1) is 13.0. The predicted molar refractivity (Wildman–Crippen MR) is 49.6 cm³/mol. The van der Waals surface area contributed by atoms with Gasteiger partial charge in [0, 0.05) is 6.20 Å². The summed E-state index contributed by atoms with van der Waals surface area (Å²) >= 11 is 0. The number of nitrogens with zero attached hydrogens (tertiary/aromatic N) is 2. The Bertz CT molecular complexity index is 448. The van der Waals surface area contributed by atoms with E-state index in [2.05, 4.69) is 9.72 Å². The summed E-state index contributed by atoms with van der Waals surface area (Å²) in [5.41, 5.74) is -1.02. The number of rotatable bonds is 2. The van der Waals surface area contributed by atoms with Gasteiger partial charge in [-0.2, -0.15) is 18.4 Å². The summed E-state index contributed by atoms with van der Waals surface area (Å²) in [6, 6.07) is 3.37. The van der Waals surface area contributed by atoms with Crippen LogP contribution in [0.3, 0.4) is 0 Å². The van der Waals surface area contributed by atoms with Crippen LogP contribution in [0, 0.1) is 11.3 Å². The largest absolute Gasteiger partial charge is 0.468 e. The minimum absolute atomic E-state index is 0.0624. The van der Waals surface area contributed by atoms with Crippen LogP contribution in [0.25, 0.3) is 0 Å². The molecular weight excluding hydrogens is 237 g/mol. The Morgan fingerprint density at radius 2 is 2.18 bits per heavy atom. The van der Waals surface area contributed by atoms with Gasteiger partial charge < -0.3 is 4.74 Å².